The van der Waals surface area contributed by atoms with Crippen molar-refractivity contribution in [2.75, 3.05) is 20.8 Å². The summed E-state index contributed by atoms with van der Waals surface area (Å²) in [6.07, 6.45) is 3.75. The maximum Gasteiger partial charge on any atom is 0.263 e. The molecule has 6 rings (SSSR count). The van der Waals surface area contributed by atoms with E-state index < -0.39 is 0 Å². The molecule has 2 aromatic heterocycles. The second-order valence-corrected chi connectivity index (χ2v) is 9.72. The minimum Gasteiger partial charge on any atom is -0.493 e. The quantitative estimate of drug-likeness (QED) is 0.427. The molecule has 2 amide bonds. The minimum atomic E-state index is -0.371. The number of ether oxygens (including phenoxy) is 3. The van der Waals surface area contributed by atoms with Crippen molar-refractivity contribution in [2.45, 2.75) is 44.4 Å². The van der Waals surface area contributed by atoms with Gasteiger partial charge in [0, 0.05) is 25.7 Å². The number of carbonyl (C=O) groups excluding carboxylic acids is 2. The Hall–Kier alpha value is -3.79. The van der Waals surface area contributed by atoms with Gasteiger partial charge in [-0.05, 0) is 49.1 Å². The number of nitrogens with zero attached hydrogens (tertiary/aromatic N) is 4. The maximum absolute atomic E-state index is 13.4. The lowest BCUT2D eigenvalue weighted by atomic mass is 9.81. The number of methoxy groups -OCH3 is 2. The van der Waals surface area contributed by atoms with E-state index in [-0.39, 0.29) is 54.4 Å². The summed E-state index contributed by atoms with van der Waals surface area (Å²) in [5.41, 5.74) is 1.12. The number of benzene rings is 1. The van der Waals surface area contributed by atoms with E-state index in [2.05, 4.69) is 9.97 Å². The van der Waals surface area contributed by atoms with Gasteiger partial charge in [-0.25, -0.2) is 9.97 Å². The summed E-state index contributed by atoms with van der Waals surface area (Å²) in [6, 6.07) is 9.06. The highest BCUT2D eigenvalue weighted by Gasteiger charge is 2.62. The number of fused-ring (bicyclic) bond motifs is 6. The highest BCUT2D eigenvalue weighted by Crippen LogP contribution is 2.48. The zero-order valence-electron chi connectivity index (χ0n) is 20.8. The van der Waals surface area contributed by atoms with E-state index in [9.17, 15) is 14.4 Å². The Morgan fingerprint density at radius 1 is 0.946 bits per heavy atom. The van der Waals surface area contributed by atoms with E-state index in [1.807, 2.05) is 18.2 Å². The van der Waals surface area contributed by atoms with Gasteiger partial charge in [-0.1, -0.05) is 6.07 Å². The molecule has 192 valence electrons. The molecule has 4 unspecified atom stereocenters. The number of hydrogen-bond donors (Lipinski definition) is 0. The molecule has 0 radical (unpaired) electrons. The summed E-state index contributed by atoms with van der Waals surface area (Å²) in [7, 11) is 3.16. The zero-order chi connectivity index (χ0) is 25.7. The molecule has 10 heteroatoms. The predicted molar refractivity (Wildman–Crippen MR) is 132 cm³/mol. The molecule has 3 aliphatic rings. The highest BCUT2D eigenvalue weighted by atomic mass is 16.5. The molecule has 0 N–H and O–H groups in total. The van der Waals surface area contributed by atoms with Crippen LogP contribution < -0.4 is 15.0 Å². The average Bonchev–Trinajstić information content (AvgIpc) is 3.61. The normalized spacial score (nSPS) is 24.2. The van der Waals surface area contributed by atoms with Gasteiger partial charge in [0.1, 0.15) is 5.82 Å². The Morgan fingerprint density at radius 2 is 1.68 bits per heavy atom. The number of imide groups is 1. The fraction of sp³-hybridized carbons (Fsp3) is 0.444. The molecule has 0 saturated carbocycles. The number of aromatic nitrogens is 3. The number of likely N-dealkylation sites (tertiary alicyclic amines) is 1. The third kappa shape index (κ3) is 3.87. The largest absolute Gasteiger partial charge is 0.493 e. The number of amides is 2. The zero-order valence-corrected chi connectivity index (χ0v) is 20.8. The van der Waals surface area contributed by atoms with Gasteiger partial charge < -0.3 is 14.2 Å². The van der Waals surface area contributed by atoms with Crippen LogP contribution in [0.2, 0.25) is 0 Å². The van der Waals surface area contributed by atoms with E-state index in [0.717, 1.165) is 18.4 Å². The molecule has 3 saturated heterocycles. The van der Waals surface area contributed by atoms with Gasteiger partial charge in [-0.15, -0.1) is 0 Å². The Morgan fingerprint density at radius 3 is 2.38 bits per heavy atom. The molecule has 3 aliphatic heterocycles. The Kier molecular flexibility index (Phi) is 5.91. The van der Waals surface area contributed by atoms with E-state index in [0.29, 0.717) is 41.3 Å². The van der Waals surface area contributed by atoms with E-state index in [1.165, 1.54) is 4.90 Å². The van der Waals surface area contributed by atoms with Gasteiger partial charge in [0.05, 0.1) is 43.6 Å². The van der Waals surface area contributed by atoms with Crippen LogP contribution >= 0.6 is 0 Å². The minimum absolute atomic E-state index is 0.154. The fourth-order valence-corrected chi connectivity index (χ4v) is 6.00. The molecule has 2 bridgehead atoms. The third-order valence-electron chi connectivity index (χ3n) is 7.82. The molecule has 3 fully saturated rings. The van der Waals surface area contributed by atoms with Crippen molar-refractivity contribution in [1.82, 2.24) is 19.4 Å². The van der Waals surface area contributed by atoms with Crippen LogP contribution in [0.3, 0.4) is 0 Å². The van der Waals surface area contributed by atoms with Crippen LogP contribution in [-0.4, -0.2) is 64.2 Å². The first-order chi connectivity index (χ1) is 18.0. The summed E-state index contributed by atoms with van der Waals surface area (Å²) >= 11 is 0. The van der Waals surface area contributed by atoms with Crippen molar-refractivity contribution in [1.29, 1.82) is 0 Å². The first-order valence-corrected chi connectivity index (χ1v) is 12.6. The summed E-state index contributed by atoms with van der Waals surface area (Å²) in [5, 5.41) is 0.426. The third-order valence-corrected chi connectivity index (χ3v) is 7.82. The van der Waals surface area contributed by atoms with E-state index >= 15 is 0 Å². The number of aryl methyl sites for hydroxylation is 1. The van der Waals surface area contributed by atoms with Crippen molar-refractivity contribution in [3.8, 4) is 11.5 Å². The number of rotatable bonds is 8. The highest BCUT2D eigenvalue weighted by molar-refractivity contribution is 6.06. The van der Waals surface area contributed by atoms with Gasteiger partial charge in [0.25, 0.3) is 5.56 Å². The van der Waals surface area contributed by atoms with Gasteiger partial charge >= 0.3 is 0 Å². The van der Waals surface area contributed by atoms with Crippen LogP contribution in [0.4, 0.5) is 0 Å². The molecule has 37 heavy (non-hydrogen) atoms. The number of pyridine rings is 1. The monoisotopic (exact) mass is 504 g/mol. The van der Waals surface area contributed by atoms with E-state index in [4.69, 9.17) is 14.2 Å². The smallest absolute Gasteiger partial charge is 0.263 e. The molecule has 5 heterocycles. The van der Waals surface area contributed by atoms with Crippen molar-refractivity contribution >= 4 is 22.8 Å². The van der Waals surface area contributed by atoms with Gasteiger partial charge in [-0.2, -0.15) is 0 Å². The number of carbonyl (C=O) groups is 2. The van der Waals surface area contributed by atoms with Crippen LogP contribution in [-0.2, 0) is 33.7 Å². The lowest BCUT2D eigenvalue weighted by Gasteiger charge is -2.19. The second-order valence-electron chi connectivity index (χ2n) is 9.72. The lowest BCUT2D eigenvalue weighted by molar-refractivity contribution is -0.142. The summed E-state index contributed by atoms with van der Waals surface area (Å²) < 4.78 is 18.2. The predicted octanol–water partition coefficient (Wildman–Crippen LogP) is 1.76. The fourth-order valence-electron chi connectivity index (χ4n) is 6.00. The summed E-state index contributed by atoms with van der Waals surface area (Å²) in [4.78, 5) is 49.9. The summed E-state index contributed by atoms with van der Waals surface area (Å²) in [6.45, 7) is 0.540. The molecule has 3 aromatic rings. The molecular weight excluding hydrogens is 476 g/mol. The Labute approximate surface area is 213 Å². The SMILES string of the molecule is COc1ccc(CCn2c(CCN3C(=O)C4C5CCC(O5)C4C3=O)nc3ncccc3c2=O)cc1OC. The first-order valence-electron chi connectivity index (χ1n) is 12.6. The topological polar surface area (TPSA) is 113 Å². The molecule has 1 aromatic carbocycles. The van der Waals surface area contributed by atoms with Crippen LogP contribution in [0.25, 0.3) is 11.0 Å². The average molecular weight is 505 g/mol. The number of hydrogen-bond acceptors (Lipinski definition) is 8. The van der Waals surface area contributed by atoms with Gasteiger partial charge in [-0.3, -0.25) is 23.9 Å². The molecule has 4 atom stereocenters. The Bertz CT molecular complexity index is 1420. The van der Waals surface area contributed by atoms with Crippen molar-refractivity contribution < 1.29 is 23.8 Å². The van der Waals surface area contributed by atoms with E-state index in [1.54, 1.807) is 37.1 Å². The van der Waals surface area contributed by atoms with Crippen molar-refractivity contribution in [2.24, 2.45) is 11.8 Å². The van der Waals surface area contributed by atoms with Gasteiger partial charge in [0.15, 0.2) is 17.1 Å². The van der Waals surface area contributed by atoms with Gasteiger partial charge in [0.2, 0.25) is 11.8 Å². The molecule has 0 spiro atoms. The maximum atomic E-state index is 13.4. The van der Waals surface area contributed by atoms with Crippen molar-refractivity contribution in [3.63, 3.8) is 0 Å². The van der Waals surface area contributed by atoms with Crippen LogP contribution in [0.5, 0.6) is 11.5 Å². The standard InChI is InChI=1S/C27H28N4O6/c1-35-17-6-5-15(14-20(17)36-2)9-12-30-21(29-24-16(25(30)32)4-3-11-28-24)10-13-31-26(33)22-18-7-8-19(37-18)23(22)27(31)34/h3-6,11,14,18-19,22-23H,7-10,12-13H2,1-2H3. The van der Waals surface area contributed by atoms with Crippen LogP contribution in [0, 0.1) is 11.8 Å². The van der Waals surface area contributed by atoms with Crippen molar-refractivity contribution in [3.05, 3.63) is 58.3 Å². The van der Waals surface area contributed by atoms with Crippen LogP contribution in [0.1, 0.15) is 24.2 Å². The molecule has 0 aliphatic carbocycles. The van der Waals surface area contributed by atoms with Crippen LogP contribution in [0.15, 0.2) is 41.3 Å². The lowest BCUT2D eigenvalue weighted by Crippen LogP contribution is -2.37. The molecular formula is C27H28N4O6. The second kappa shape index (κ2) is 9.26. The first kappa shape index (κ1) is 23.6. The molecule has 10 nitrogen and oxygen atoms in total. The Balaban J connectivity index is 1.27. The summed E-state index contributed by atoms with van der Waals surface area (Å²) in [5.74, 6) is 0.665.